The molecule has 0 unspecified atom stereocenters. The Labute approximate surface area is 243 Å². The fourth-order valence-electron chi connectivity index (χ4n) is 4.70. The summed E-state index contributed by atoms with van der Waals surface area (Å²) >= 11 is 0. The van der Waals surface area contributed by atoms with Gasteiger partial charge < -0.3 is 15.0 Å². The molecule has 0 bridgehead atoms. The Bertz CT molecular complexity index is 1410. The smallest absolute Gasteiger partial charge is 0.410 e. The van der Waals surface area contributed by atoms with E-state index in [0.717, 1.165) is 44.4 Å². The quantitative estimate of drug-likeness (QED) is 0.388. The molecule has 2 N–H and O–H groups in total. The highest BCUT2D eigenvalue weighted by molar-refractivity contribution is 5.93. The molecule has 0 atom stereocenters. The SMILES string of the molecule is Cc1cc(CC2CCN(C(=O)OC(C)(C)C)CC2)ccc1-n1cc(C(=O)NCc2nc(C(C)(C)C(F)(F)F)n[nH]2)cn1. The molecule has 0 spiro atoms. The van der Waals surface area contributed by atoms with Gasteiger partial charge in [-0.1, -0.05) is 12.1 Å². The second kappa shape index (κ2) is 11.8. The number of alkyl halides is 3. The van der Waals surface area contributed by atoms with E-state index in [4.69, 9.17) is 4.74 Å². The fraction of sp³-hybridized carbons (Fsp3) is 0.552. The number of carbonyl (C=O) groups excluding carboxylic acids is 2. The van der Waals surface area contributed by atoms with Crippen LogP contribution < -0.4 is 5.32 Å². The van der Waals surface area contributed by atoms with Gasteiger partial charge in [0.1, 0.15) is 16.8 Å². The summed E-state index contributed by atoms with van der Waals surface area (Å²) in [7, 11) is 0. The minimum absolute atomic E-state index is 0.116. The number of piperidine rings is 1. The van der Waals surface area contributed by atoms with E-state index in [1.54, 1.807) is 15.8 Å². The number of aromatic amines is 1. The van der Waals surface area contributed by atoms with Gasteiger partial charge in [-0.25, -0.2) is 14.5 Å². The molecule has 1 fully saturated rings. The number of nitrogens with zero attached hydrogens (tertiary/aromatic N) is 5. The predicted molar refractivity (Wildman–Crippen MR) is 149 cm³/mol. The standard InChI is InChI=1S/C29H38F3N7O3/c1-18-13-20(14-19-9-11-38(12-10-19)26(41)42-27(2,3)4)7-8-22(18)39-17-21(15-34-39)24(40)33-16-23-35-25(37-36-23)28(5,6)29(30,31)32/h7-8,13,15,17,19H,9-12,14,16H2,1-6H3,(H,33,40)(H,35,36,37). The number of hydrogen-bond acceptors (Lipinski definition) is 6. The van der Waals surface area contributed by atoms with Crippen LogP contribution >= 0.6 is 0 Å². The molecular weight excluding hydrogens is 551 g/mol. The van der Waals surface area contributed by atoms with Crippen LogP contribution in [0.25, 0.3) is 5.69 Å². The highest BCUT2D eigenvalue weighted by Gasteiger charge is 2.51. The minimum Gasteiger partial charge on any atom is -0.444 e. The van der Waals surface area contributed by atoms with Gasteiger partial charge in [-0.2, -0.15) is 23.4 Å². The van der Waals surface area contributed by atoms with Crippen molar-refractivity contribution in [1.82, 2.24) is 35.2 Å². The Morgan fingerprint density at radius 2 is 1.81 bits per heavy atom. The van der Waals surface area contributed by atoms with E-state index < -0.39 is 28.9 Å². The first-order chi connectivity index (χ1) is 19.5. The number of halogens is 3. The van der Waals surface area contributed by atoms with Gasteiger partial charge in [0, 0.05) is 19.3 Å². The molecule has 42 heavy (non-hydrogen) atoms. The van der Waals surface area contributed by atoms with Crippen LogP contribution in [0.15, 0.2) is 30.6 Å². The summed E-state index contributed by atoms with van der Waals surface area (Å²) in [4.78, 5) is 30.7. The van der Waals surface area contributed by atoms with Gasteiger partial charge in [0.2, 0.25) is 0 Å². The Morgan fingerprint density at radius 1 is 1.12 bits per heavy atom. The lowest BCUT2D eigenvalue weighted by molar-refractivity contribution is -0.182. The van der Waals surface area contributed by atoms with E-state index in [0.29, 0.717) is 24.6 Å². The first-order valence-corrected chi connectivity index (χ1v) is 13.9. The van der Waals surface area contributed by atoms with E-state index in [1.165, 1.54) is 11.8 Å². The Hall–Kier alpha value is -3.90. The summed E-state index contributed by atoms with van der Waals surface area (Å²) in [6, 6.07) is 6.13. The zero-order valence-corrected chi connectivity index (χ0v) is 24.8. The predicted octanol–water partition coefficient (Wildman–Crippen LogP) is 5.26. The number of rotatable bonds is 7. The number of amides is 2. The van der Waals surface area contributed by atoms with Gasteiger partial charge in [-0.05, 0) is 83.9 Å². The van der Waals surface area contributed by atoms with Crippen molar-refractivity contribution in [2.75, 3.05) is 13.1 Å². The van der Waals surface area contributed by atoms with Crippen molar-refractivity contribution in [1.29, 1.82) is 0 Å². The van der Waals surface area contributed by atoms with Gasteiger partial charge in [0.15, 0.2) is 5.82 Å². The van der Waals surface area contributed by atoms with Crippen LogP contribution in [-0.4, -0.2) is 66.7 Å². The number of nitrogens with one attached hydrogen (secondary N) is 2. The number of H-pyrrole nitrogens is 1. The third-order valence-electron chi connectivity index (χ3n) is 7.36. The largest absolute Gasteiger partial charge is 0.444 e. The van der Waals surface area contributed by atoms with Gasteiger partial charge in [-0.3, -0.25) is 9.89 Å². The maximum Gasteiger partial charge on any atom is 0.410 e. The van der Waals surface area contributed by atoms with Crippen LogP contribution in [0.3, 0.4) is 0 Å². The van der Waals surface area contributed by atoms with Crippen molar-refractivity contribution in [3.63, 3.8) is 0 Å². The zero-order valence-electron chi connectivity index (χ0n) is 24.8. The number of benzene rings is 1. The summed E-state index contributed by atoms with van der Waals surface area (Å²) in [5, 5.41) is 13.1. The highest BCUT2D eigenvalue weighted by Crippen LogP contribution is 2.38. The summed E-state index contributed by atoms with van der Waals surface area (Å²) in [6.07, 6.45) is 0.981. The summed E-state index contributed by atoms with van der Waals surface area (Å²) in [5.41, 5.74) is 0.582. The highest BCUT2D eigenvalue weighted by atomic mass is 19.4. The Kier molecular flexibility index (Phi) is 8.70. The first-order valence-electron chi connectivity index (χ1n) is 13.9. The van der Waals surface area contributed by atoms with Crippen molar-refractivity contribution in [3.8, 4) is 5.69 Å². The molecule has 3 heterocycles. The van der Waals surface area contributed by atoms with Crippen LogP contribution in [-0.2, 0) is 23.1 Å². The maximum atomic E-state index is 13.3. The van der Waals surface area contributed by atoms with Crippen LogP contribution in [0.4, 0.5) is 18.0 Å². The molecule has 228 valence electrons. The number of likely N-dealkylation sites (tertiary alicyclic amines) is 1. The average molecular weight is 590 g/mol. The number of hydrogen-bond donors (Lipinski definition) is 2. The molecule has 1 saturated heterocycles. The van der Waals surface area contributed by atoms with Gasteiger partial charge in [0.25, 0.3) is 5.91 Å². The van der Waals surface area contributed by atoms with Crippen molar-refractivity contribution in [3.05, 3.63) is 58.9 Å². The molecule has 1 aliphatic rings. The average Bonchev–Trinajstić information content (AvgIpc) is 3.57. The van der Waals surface area contributed by atoms with E-state index in [2.05, 4.69) is 31.7 Å². The van der Waals surface area contributed by atoms with Gasteiger partial charge >= 0.3 is 12.3 Å². The normalized spacial score (nSPS) is 15.1. The summed E-state index contributed by atoms with van der Waals surface area (Å²) in [6.45, 7) is 10.8. The number of carbonyl (C=O) groups is 2. The van der Waals surface area contributed by atoms with Crippen LogP contribution in [0.1, 0.15) is 80.6 Å². The number of aromatic nitrogens is 5. The van der Waals surface area contributed by atoms with Crippen molar-refractivity contribution in [2.45, 2.75) is 84.5 Å². The second-order valence-electron chi connectivity index (χ2n) is 12.3. The molecule has 13 heteroatoms. The third kappa shape index (κ3) is 7.29. The van der Waals surface area contributed by atoms with Crippen molar-refractivity contribution < 1.29 is 27.5 Å². The van der Waals surface area contributed by atoms with E-state index in [9.17, 15) is 22.8 Å². The van der Waals surface area contributed by atoms with Crippen LogP contribution in [0.2, 0.25) is 0 Å². The first kappa shape index (κ1) is 31.0. The molecule has 2 aromatic heterocycles. The molecule has 1 aliphatic heterocycles. The second-order valence-corrected chi connectivity index (χ2v) is 12.3. The van der Waals surface area contributed by atoms with Crippen LogP contribution in [0, 0.1) is 12.8 Å². The molecule has 10 nitrogen and oxygen atoms in total. The fourth-order valence-corrected chi connectivity index (χ4v) is 4.70. The summed E-state index contributed by atoms with van der Waals surface area (Å²) in [5.74, 6) is -0.252. The van der Waals surface area contributed by atoms with Crippen molar-refractivity contribution >= 4 is 12.0 Å². The Morgan fingerprint density at radius 3 is 2.43 bits per heavy atom. The zero-order chi connectivity index (χ0) is 30.9. The molecule has 2 amide bonds. The number of aryl methyl sites for hydroxylation is 1. The lowest BCUT2D eigenvalue weighted by Crippen LogP contribution is -2.42. The van der Waals surface area contributed by atoms with Crippen molar-refractivity contribution in [2.24, 2.45) is 5.92 Å². The molecule has 0 saturated carbocycles. The molecule has 1 aromatic carbocycles. The number of ether oxygens (including phenoxy) is 1. The van der Waals surface area contributed by atoms with Gasteiger partial charge in [-0.15, -0.1) is 0 Å². The molecule has 0 radical (unpaired) electrons. The molecule has 3 aromatic rings. The van der Waals surface area contributed by atoms with Gasteiger partial charge in [0.05, 0.1) is 24.0 Å². The topological polar surface area (TPSA) is 118 Å². The Balaban J connectivity index is 1.31. The molecule has 0 aliphatic carbocycles. The van der Waals surface area contributed by atoms with E-state index >= 15 is 0 Å². The summed E-state index contributed by atoms with van der Waals surface area (Å²) < 4.78 is 46.9. The minimum atomic E-state index is -4.51. The maximum absolute atomic E-state index is 13.3. The van der Waals surface area contributed by atoms with E-state index in [-0.39, 0.29) is 18.5 Å². The lowest BCUT2D eigenvalue weighted by Gasteiger charge is -2.33. The molecule has 4 rings (SSSR count). The van der Waals surface area contributed by atoms with E-state index in [1.807, 2.05) is 39.8 Å². The third-order valence-corrected chi connectivity index (χ3v) is 7.36. The van der Waals surface area contributed by atoms with Crippen LogP contribution in [0.5, 0.6) is 0 Å². The molecular formula is C29H38F3N7O3. The lowest BCUT2D eigenvalue weighted by atomic mass is 9.89. The monoisotopic (exact) mass is 589 g/mol.